The lowest BCUT2D eigenvalue weighted by Gasteiger charge is -2.28. The van der Waals surface area contributed by atoms with Crippen LogP contribution in [0.2, 0.25) is 0 Å². The Balaban J connectivity index is 1.37. The number of phenols is 1. The van der Waals surface area contributed by atoms with E-state index >= 15 is 0 Å². The van der Waals surface area contributed by atoms with Gasteiger partial charge in [-0.2, -0.15) is 0 Å². The van der Waals surface area contributed by atoms with Gasteiger partial charge < -0.3 is 14.9 Å². The van der Waals surface area contributed by atoms with Gasteiger partial charge in [-0.1, -0.05) is 18.9 Å². The van der Waals surface area contributed by atoms with Gasteiger partial charge in [-0.3, -0.25) is 14.5 Å². The van der Waals surface area contributed by atoms with Crippen molar-refractivity contribution in [2.75, 3.05) is 37.6 Å². The topological polar surface area (TPSA) is 64.1 Å². The van der Waals surface area contributed by atoms with Crippen LogP contribution < -0.4 is 4.90 Å². The molecule has 3 aliphatic rings. The minimum absolute atomic E-state index is 0.0404. The van der Waals surface area contributed by atoms with Gasteiger partial charge in [0.25, 0.3) is 0 Å². The van der Waals surface area contributed by atoms with Crippen LogP contribution in [0.4, 0.5) is 5.69 Å². The lowest BCUT2D eigenvalue weighted by Crippen LogP contribution is -2.41. The maximum Gasteiger partial charge on any atom is 0.228 e. The van der Waals surface area contributed by atoms with Crippen LogP contribution in [0.1, 0.15) is 38.5 Å². The number of anilines is 1. The van der Waals surface area contributed by atoms with Crippen molar-refractivity contribution in [1.82, 2.24) is 9.80 Å². The molecule has 1 aliphatic carbocycles. The third kappa shape index (κ3) is 3.95. The Labute approximate surface area is 160 Å². The molecule has 2 heterocycles. The zero-order valence-electron chi connectivity index (χ0n) is 15.8. The van der Waals surface area contributed by atoms with E-state index in [-0.39, 0.29) is 29.9 Å². The Bertz CT molecular complexity index is 702. The summed E-state index contributed by atoms with van der Waals surface area (Å²) < 4.78 is 0. The van der Waals surface area contributed by atoms with E-state index in [1.54, 1.807) is 29.2 Å². The Morgan fingerprint density at radius 2 is 1.85 bits per heavy atom. The van der Waals surface area contributed by atoms with E-state index in [0.29, 0.717) is 18.3 Å². The molecule has 0 bridgehead atoms. The molecule has 4 rings (SSSR count). The van der Waals surface area contributed by atoms with Gasteiger partial charge in [-0.25, -0.2) is 0 Å². The van der Waals surface area contributed by atoms with E-state index in [0.717, 1.165) is 32.6 Å². The van der Waals surface area contributed by atoms with Crippen LogP contribution in [0.3, 0.4) is 0 Å². The molecule has 0 aromatic heterocycles. The van der Waals surface area contributed by atoms with Crippen LogP contribution in [0.25, 0.3) is 0 Å². The number of rotatable bonds is 3. The van der Waals surface area contributed by atoms with E-state index in [4.69, 9.17) is 0 Å². The molecule has 6 heteroatoms. The number of hydrogen-bond acceptors (Lipinski definition) is 4. The van der Waals surface area contributed by atoms with Gasteiger partial charge in [0, 0.05) is 56.9 Å². The predicted molar refractivity (Wildman–Crippen MR) is 104 cm³/mol. The van der Waals surface area contributed by atoms with Crippen LogP contribution in [-0.4, -0.2) is 65.5 Å². The summed E-state index contributed by atoms with van der Waals surface area (Å²) in [6.07, 6.45) is 6.53. The van der Waals surface area contributed by atoms with Crippen molar-refractivity contribution in [2.45, 2.75) is 44.6 Å². The second kappa shape index (κ2) is 7.89. The smallest absolute Gasteiger partial charge is 0.228 e. The van der Waals surface area contributed by atoms with Crippen molar-refractivity contribution in [3.05, 3.63) is 24.3 Å². The van der Waals surface area contributed by atoms with E-state index in [1.807, 2.05) is 4.90 Å². The van der Waals surface area contributed by atoms with Gasteiger partial charge in [0.05, 0.1) is 5.92 Å². The molecular weight excluding hydrogens is 342 g/mol. The first kappa shape index (κ1) is 18.3. The van der Waals surface area contributed by atoms with E-state index in [9.17, 15) is 14.7 Å². The Hall–Kier alpha value is -2.08. The fraction of sp³-hybridized carbons (Fsp3) is 0.619. The largest absolute Gasteiger partial charge is 0.508 e. The Morgan fingerprint density at radius 1 is 1.04 bits per heavy atom. The molecule has 2 amide bonds. The molecule has 3 fully saturated rings. The first-order valence-corrected chi connectivity index (χ1v) is 10.2. The monoisotopic (exact) mass is 371 g/mol. The molecule has 0 radical (unpaired) electrons. The second-order valence-electron chi connectivity index (χ2n) is 8.08. The van der Waals surface area contributed by atoms with Crippen molar-refractivity contribution in [3.63, 3.8) is 0 Å². The van der Waals surface area contributed by atoms with Gasteiger partial charge in [0.15, 0.2) is 0 Å². The average molecular weight is 371 g/mol. The highest BCUT2D eigenvalue weighted by Gasteiger charge is 2.38. The van der Waals surface area contributed by atoms with Crippen LogP contribution in [0.15, 0.2) is 24.3 Å². The third-order valence-electron chi connectivity index (χ3n) is 6.30. The first-order chi connectivity index (χ1) is 13.1. The maximum atomic E-state index is 13.0. The molecule has 2 saturated heterocycles. The summed E-state index contributed by atoms with van der Waals surface area (Å²) in [5.74, 6) is -0.0758. The summed E-state index contributed by atoms with van der Waals surface area (Å²) in [7, 11) is 0. The lowest BCUT2D eigenvalue weighted by atomic mass is 10.1. The number of aromatic hydroxyl groups is 1. The summed E-state index contributed by atoms with van der Waals surface area (Å²) in [5.41, 5.74) is 0.665. The molecule has 1 N–H and O–H groups in total. The highest BCUT2D eigenvalue weighted by molar-refractivity contribution is 6.00. The molecule has 6 nitrogen and oxygen atoms in total. The van der Waals surface area contributed by atoms with Crippen molar-refractivity contribution in [1.29, 1.82) is 0 Å². The summed E-state index contributed by atoms with van der Waals surface area (Å²) in [4.78, 5) is 31.7. The molecule has 2 aliphatic heterocycles. The molecule has 146 valence electrons. The first-order valence-electron chi connectivity index (χ1n) is 10.2. The van der Waals surface area contributed by atoms with Crippen LogP contribution in [0, 0.1) is 5.92 Å². The van der Waals surface area contributed by atoms with Gasteiger partial charge in [-0.05, 0) is 31.4 Å². The van der Waals surface area contributed by atoms with Crippen LogP contribution in [0.5, 0.6) is 5.75 Å². The van der Waals surface area contributed by atoms with Crippen LogP contribution in [-0.2, 0) is 9.59 Å². The summed E-state index contributed by atoms with van der Waals surface area (Å²) in [6, 6.07) is 7.39. The van der Waals surface area contributed by atoms with Gasteiger partial charge >= 0.3 is 0 Å². The van der Waals surface area contributed by atoms with Crippen molar-refractivity contribution in [2.24, 2.45) is 5.92 Å². The van der Waals surface area contributed by atoms with E-state index in [2.05, 4.69) is 4.90 Å². The zero-order valence-corrected chi connectivity index (χ0v) is 15.8. The minimum Gasteiger partial charge on any atom is -0.508 e. The standard InChI is InChI=1S/C21H29N3O3/c25-19-8-3-7-18(14-19)24-15-16(13-20(24)26)21(27)23-10-4-9-22(11-12-23)17-5-1-2-6-17/h3,7-8,14,16-17,25H,1-2,4-6,9-13,15H2. The van der Waals surface area contributed by atoms with Crippen molar-refractivity contribution < 1.29 is 14.7 Å². The van der Waals surface area contributed by atoms with Gasteiger partial charge in [0.1, 0.15) is 5.75 Å². The maximum absolute atomic E-state index is 13.0. The number of benzene rings is 1. The second-order valence-corrected chi connectivity index (χ2v) is 8.08. The zero-order chi connectivity index (χ0) is 18.8. The number of amides is 2. The molecule has 0 spiro atoms. The van der Waals surface area contributed by atoms with Crippen LogP contribution >= 0.6 is 0 Å². The lowest BCUT2D eigenvalue weighted by molar-refractivity contribution is -0.135. The summed E-state index contributed by atoms with van der Waals surface area (Å²) in [6.45, 7) is 4.00. The average Bonchev–Trinajstić information content (AvgIpc) is 3.26. The third-order valence-corrected chi connectivity index (χ3v) is 6.30. The number of phenolic OH excluding ortho intramolecular Hbond substituents is 1. The molecular formula is C21H29N3O3. The Kier molecular flexibility index (Phi) is 5.34. The van der Waals surface area contributed by atoms with Crippen molar-refractivity contribution in [3.8, 4) is 5.75 Å². The number of hydrogen-bond donors (Lipinski definition) is 1. The number of carbonyl (C=O) groups is 2. The molecule has 1 aromatic rings. The van der Waals surface area contributed by atoms with Crippen molar-refractivity contribution >= 4 is 17.5 Å². The number of carbonyl (C=O) groups excluding carboxylic acids is 2. The predicted octanol–water partition coefficient (Wildman–Crippen LogP) is 2.22. The van der Waals surface area contributed by atoms with Gasteiger partial charge in [-0.15, -0.1) is 0 Å². The normalized spacial score (nSPS) is 25.2. The SMILES string of the molecule is O=C(C1CC(=O)N(c2cccc(O)c2)C1)N1CCCN(C2CCCC2)CC1. The minimum atomic E-state index is -0.280. The van der Waals surface area contributed by atoms with E-state index < -0.39 is 0 Å². The van der Waals surface area contributed by atoms with E-state index in [1.165, 1.54) is 25.7 Å². The van der Waals surface area contributed by atoms with Gasteiger partial charge in [0.2, 0.25) is 11.8 Å². The molecule has 1 aromatic carbocycles. The highest BCUT2D eigenvalue weighted by Crippen LogP contribution is 2.29. The quantitative estimate of drug-likeness (QED) is 0.885. The summed E-state index contributed by atoms with van der Waals surface area (Å²) in [5, 5.41) is 9.67. The fourth-order valence-electron chi connectivity index (χ4n) is 4.83. The Morgan fingerprint density at radius 3 is 2.63 bits per heavy atom. The number of nitrogens with zero attached hydrogens (tertiary/aromatic N) is 3. The fourth-order valence-corrected chi connectivity index (χ4v) is 4.83. The molecule has 1 unspecified atom stereocenters. The highest BCUT2D eigenvalue weighted by atomic mass is 16.3. The molecule has 1 saturated carbocycles. The summed E-state index contributed by atoms with van der Waals surface area (Å²) >= 11 is 0. The molecule has 1 atom stereocenters. The molecule has 27 heavy (non-hydrogen) atoms.